The zero-order valence-corrected chi connectivity index (χ0v) is 6.92. The van der Waals surface area contributed by atoms with Crippen LogP contribution in [0.2, 0.25) is 0 Å². The van der Waals surface area contributed by atoms with Gasteiger partial charge in [0.25, 0.3) is 0 Å². The molecule has 0 aromatic carbocycles. The summed E-state index contributed by atoms with van der Waals surface area (Å²) in [7, 11) is 1.94. The predicted octanol–water partition coefficient (Wildman–Crippen LogP) is -1.06. The van der Waals surface area contributed by atoms with Gasteiger partial charge in [0.2, 0.25) is 6.41 Å². The number of nitrogens with zero attached hydrogens (tertiary/aromatic N) is 2. The summed E-state index contributed by atoms with van der Waals surface area (Å²) in [5, 5.41) is 3.09. The monoisotopic (exact) mass is 157 g/mol. The molecule has 1 N–H and O–H groups in total. The number of nitrogens with one attached hydrogen (secondary N) is 1. The minimum Gasteiger partial charge on any atom is -0.343 e. The molecule has 1 saturated heterocycles. The first kappa shape index (κ1) is 8.49. The van der Waals surface area contributed by atoms with Crippen molar-refractivity contribution < 1.29 is 4.79 Å². The summed E-state index contributed by atoms with van der Waals surface area (Å²) in [5.74, 6) is 0. The van der Waals surface area contributed by atoms with E-state index in [0.29, 0.717) is 0 Å². The Morgan fingerprint density at radius 1 is 1.36 bits per heavy atom. The summed E-state index contributed by atoms with van der Waals surface area (Å²) in [6, 6.07) is 0. The maximum Gasteiger partial charge on any atom is 0.209 e. The highest BCUT2D eigenvalue weighted by molar-refractivity contribution is 5.47. The van der Waals surface area contributed by atoms with Gasteiger partial charge in [0.1, 0.15) is 0 Å². The van der Waals surface area contributed by atoms with Crippen molar-refractivity contribution in [2.75, 3.05) is 39.9 Å². The van der Waals surface area contributed by atoms with Crippen molar-refractivity contribution in [1.29, 1.82) is 0 Å². The molecule has 4 heteroatoms. The molecule has 1 aliphatic heterocycles. The van der Waals surface area contributed by atoms with Gasteiger partial charge in [0.05, 0.1) is 0 Å². The van der Waals surface area contributed by atoms with E-state index in [2.05, 4.69) is 10.2 Å². The smallest absolute Gasteiger partial charge is 0.209 e. The Morgan fingerprint density at radius 2 is 2.00 bits per heavy atom. The highest BCUT2D eigenvalue weighted by Gasteiger charge is 2.13. The van der Waals surface area contributed by atoms with Gasteiger partial charge < -0.3 is 10.2 Å². The Balaban J connectivity index is 2.18. The molecule has 0 aliphatic carbocycles. The van der Waals surface area contributed by atoms with Crippen LogP contribution in [0.4, 0.5) is 0 Å². The second-order valence-electron chi connectivity index (χ2n) is 2.77. The lowest BCUT2D eigenvalue weighted by atomic mass is 10.3. The van der Waals surface area contributed by atoms with Crippen molar-refractivity contribution in [3.05, 3.63) is 0 Å². The summed E-state index contributed by atoms with van der Waals surface area (Å²) in [5.41, 5.74) is 0. The third kappa shape index (κ3) is 2.48. The molecule has 0 radical (unpaired) electrons. The molecule has 64 valence electrons. The standard InChI is InChI=1S/C7H15N3O/c1-8-6-9-2-4-10(7-11)5-3-9/h7-8H,2-6H2,1H3. The largest absolute Gasteiger partial charge is 0.343 e. The summed E-state index contributed by atoms with van der Waals surface area (Å²) in [6.07, 6.45) is 0.927. The molecular weight excluding hydrogens is 142 g/mol. The van der Waals surface area contributed by atoms with Crippen LogP contribution in [0.5, 0.6) is 0 Å². The molecule has 0 atom stereocenters. The van der Waals surface area contributed by atoms with Gasteiger partial charge in [0.15, 0.2) is 0 Å². The molecule has 1 fully saturated rings. The number of amides is 1. The molecule has 1 amide bonds. The maximum atomic E-state index is 10.3. The fraction of sp³-hybridized carbons (Fsp3) is 0.857. The molecule has 11 heavy (non-hydrogen) atoms. The van der Waals surface area contributed by atoms with E-state index in [-0.39, 0.29) is 0 Å². The van der Waals surface area contributed by atoms with Gasteiger partial charge in [-0.2, -0.15) is 0 Å². The molecule has 1 rings (SSSR count). The first-order valence-corrected chi connectivity index (χ1v) is 3.93. The van der Waals surface area contributed by atoms with Gasteiger partial charge in [-0.3, -0.25) is 9.69 Å². The average Bonchev–Trinajstić information content (AvgIpc) is 2.07. The maximum absolute atomic E-state index is 10.3. The minimum atomic E-state index is 0.866. The molecule has 0 spiro atoms. The van der Waals surface area contributed by atoms with Crippen molar-refractivity contribution in [3.63, 3.8) is 0 Å². The number of piperazine rings is 1. The zero-order valence-electron chi connectivity index (χ0n) is 6.92. The highest BCUT2D eigenvalue weighted by Crippen LogP contribution is 1.96. The van der Waals surface area contributed by atoms with E-state index >= 15 is 0 Å². The quantitative estimate of drug-likeness (QED) is 0.530. The molecule has 0 aromatic heterocycles. The average molecular weight is 157 g/mol. The van der Waals surface area contributed by atoms with Crippen molar-refractivity contribution in [1.82, 2.24) is 15.1 Å². The summed E-state index contributed by atoms with van der Waals surface area (Å²) in [6.45, 7) is 4.63. The fourth-order valence-corrected chi connectivity index (χ4v) is 1.25. The fourth-order valence-electron chi connectivity index (χ4n) is 1.25. The van der Waals surface area contributed by atoms with Gasteiger partial charge in [-0.25, -0.2) is 0 Å². The lowest BCUT2D eigenvalue weighted by Crippen LogP contribution is -2.48. The Kier molecular flexibility index (Phi) is 3.32. The Morgan fingerprint density at radius 3 is 2.45 bits per heavy atom. The number of carbonyl (C=O) groups is 1. The topological polar surface area (TPSA) is 35.6 Å². The number of hydrogen-bond acceptors (Lipinski definition) is 3. The first-order chi connectivity index (χ1) is 5.36. The van der Waals surface area contributed by atoms with E-state index in [0.717, 1.165) is 39.3 Å². The van der Waals surface area contributed by atoms with E-state index in [9.17, 15) is 4.79 Å². The molecule has 0 aromatic rings. The third-order valence-corrected chi connectivity index (χ3v) is 1.94. The van der Waals surface area contributed by atoms with E-state index in [1.54, 1.807) is 0 Å². The molecular formula is C7H15N3O. The van der Waals surface area contributed by atoms with Crippen LogP contribution in [0.1, 0.15) is 0 Å². The van der Waals surface area contributed by atoms with Gasteiger partial charge in [-0.15, -0.1) is 0 Å². The first-order valence-electron chi connectivity index (χ1n) is 3.93. The third-order valence-electron chi connectivity index (χ3n) is 1.94. The molecule has 0 unspecified atom stereocenters. The molecule has 1 heterocycles. The summed E-state index contributed by atoms with van der Waals surface area (Å²) < 4.78 is 0. The second-order valence-corrected chi connectivity index (χ2v) is 2.77. The lowest BCUT2D eigenvalue weighted by Gasteiger charge is -2.32. The van der Waals surface area contributed by atoms with E-state index < -0.39 is 0 Å². The van der Waals surface area contributed by atoms with Crippen molar-refractivity contribution >= 4 is 6.41 Å². The van der Waals surface area contributed by atoms with Crippen molar-refractivity contribution in [2.24, 2.45) is 0 Å². The van der Waals surface area contributed by atoms with E-state index in [1.165, 1.54) is 0 Å². The van der Waals surface area contributed by atoms with Gasteiger partial charge in [-0.05, 0) is 7.05 Å². The van der Waals surface area contributed by atoms with Gasteiger partial charge in [-0.1, -0.05) is 0 Å². The van der Waals surface area contributed by atoms with Crippen molar-refractivity contribution in [3.8, 4) is 0 Å². The van der Waals surface area contributed by atoms with Crippen LogP contribution in [0.25, 0.3) is 0 Å². The zero-order chi connectivity index (χ0) is 8.10. The predicted molar refractivity (Wildman–Crippen MR) is 43.1 cm³/mol. The lowest BCUT2D eigenvalue weighted by molar-refractivity contribution is -0.119. The SMILES string of the molecule is CNCN1CCN(C=O)CC1. The Bertz CT molecular complexity index is 121. The Hall–Kier alpha value is -0.610. The van der Waals surface area contributed by atoms with Crippen LogP contribution in [0.3, 0.4) is 0 Å². The summed E-state index contributed by atoms with van der Waals surface area (Å²) >= 11 is 0. The minimum absolute atomic E-state index is 0.866. The van der Waals surface area contributed by atoms with Crippen LogP contribution >= 0.6 is 0 Å². The van der Waals surface area contributed by atoms with Crippen LogP contribution in [0, 0.1) is 0 Å². The molecule has 4 nitrogen and oxygen atoms in total. The number of carbonyl (C=O) groups excluding carboxylic acids is 1. The van der Waals surface area contributed by atoms with Crippen LogP contribution in [-0.4, -0.2) is 56.1 Å². The molecule has 0 bridgehead atoms. The summed E-state index contributed by atoms with van der Waals surface area (Å²) in [4.78, 5) is 14.4. The van der Waals surface area contributed by atoms with Crippen LogP contribution in [-0.2, 0) is 4.79 Å². The normalized spacial score (nSPS) is 20.3. The van der Waals surface area contributed by atoms with Crippen LogP contribution < -0.4 is 5.32 Å². The van der Waals surface area contributed by atoms with Gasteiger partial charge >= 0.3 is 0 Å². The van der Waals surface area contributed by atoms with E-state index in [1.807, 2.05) is 11.9 Å². The van der Waals surface area contributed by atoms with E-state index in [4.69, 9.17) is 0 Å². The highest BCUT2D eigenvalue weighted by atomic mass is 16.1. The second kappa shape index (κ2) is 4.31. The number of rotatable bonds is 3. The van der Waals surface area contributed by atoms with Crippen LogP contribution in [0.15, 0.2) is 0 Å². The molecule has 1 aliphatic rings. The molecule has 0 saturated carbocycles. The van der Waals surface area contributed by atoms with Crippen molar-refractivity contribution in [2.45, 2.75) is 0 Å². The Labute approximate surface area is 67.2 Å². The van der Waals surface area contributed by atoms with Gasteiger partial charge in [0, 0.05) is 32.8 Å². The number of hydrogen-bond donors (Lipinski definition) is 1.